The van der Waals surface area contributed by atoms with Gasteiger partial charge in [-0.15, -0.1) is 11.3 Å². The number of carbonyl (C=O) groups excluding carboxylic acids is 2. The quantitative estimate of drug-likeness (QED) is 0.458. The van der Waals surface area contributed by atoms with E-state index in [-0.39, 0.29) is 40.9 Å². The summed E-state index contributed by atoms with van der Waals surface area (Å²) >= 11 is 1.53. The van der Waals surface area contributed by atoms with E-state index in [2.05, 4.69) is 40.7 Å². The lowest BCUT2D eigenvalue weighted by Crippen LogP contribution is -2.33. The summed E-state index contributed by atoms with van der Waals surface area (Å²) in [5.74, 6) is 0.456. The third-order valence-electron chi connectivity index (χ3n) is 8.22. The van der Waals surface area contributed by atoms with Crippen molar-refractivity contribution in [2.45, 2.75) is 66.7 Å². The molecule has 2 amide bonds. The standard InChI is InChI=1S/C25H30N2O2S/c1-12(2)19-15-8-9-16(19)21-20(15)22(28)27(23(21)29)24-17(11-26)14-7-6-13(25(3,4)5)10-18(14)30-24/h13,15-16,20-21H,6-10H2,1-5H3/t13-,15-,16-,20+,21+/m1/s1. The Kier molecular flexibility index (Phi) is 4.35. The first-order valence-electron chi connectivity index (χ1n) is 11.2. The molecule has 3 fully saturated rings. The van der Waals surface area contributed by atoms with Crippen LogP contribution in [0.1, 0.15) is 69.9 Å². The number of fused-ring (bicyclic) bond motifs is 6. The number of nitrogens with zero attached hydrogens (tertiary/aromatic N) is 2. The number of amides is 2. The Bertz CT molecular complexity index is 999. The Morgan fingerprint density at radius 2 is 1.67 bits per heavy atom. The van der Waals surface area contributed by atoms with Gasteiger partial charge in [-0.1, -0.05) is 31.9 Å². The second-order valence-electron chi connectivity index (χ2n) is 10.9. The zero-order valence-corrected chi connectivity index (χ0v) is 19.4. The van der Waals surface area contributed by atoms with Crippen LogP contribution in [0, 0.1) is 46.3 Å². The Morgan fingerprint density at radius 1 is 1.07 bits per heavy atom. The summed E-state index contributed by atoms with van der Waals surface area (Å²) in [6, 6.07) is 2.36. The van der Waals surface area contributed by atoms with Gasteiger partial charge in [-0.2, -0.15) is 5.26 Å². The fourth-order valence-electron chi connectivity index (χ4n) is 6.78. The molecule has 5 heteroatoms. The van der Waals surface area contributed by atoms with Crippen molar-refractivity contribution < 1.29 is 9.59 Å². The van der Waals surface area contributed by atoms with Gasteiger partial charge in [0.1, 0.15) is 11.1 Å². The highest BCUT2D eigenvalue weighted by molar-refractivity contribution is 7.17. The van der Waals surface area contributed by atoms with Crippen molar-refractivity contribution in [1.29, 1.82) is 5.26 Å². The average Bonchev–Trinajstić information content (AvgIpc) is 3.39. The lowest BCUT2D eigenvalue weighted by Gasteiger charge is -2.33. The Labute approximate surface area is 182 Å². The van der Waals surface area contributed by atoms with Crippen LogP contribution in [-0.2, 0) is 22.4 Å². The Balaban J connectivity index is 1.54. The maximum Gasteiger partial charge on any atom is 0.239 e. The van der Waals surface area contributed by atoms with Crippen LogP contribution in [0.25, 0.3) is 0 Å². The monoisotopic (exact) mass is 422 g/mol. The molecule has 1 saturated heterocycles. The zero-order valence-electron chi connectivity index (χ0n) is 18.5. The van der Waals surface area contributed by atoms with Crippen molar-refractivity contribution in [3.8, 4) is 6.07 Å². The molecule has 2 bridgehead atoms. The molecule has 0 radical (unpaired) electrons. The molecule has 1 aromatic rings. The maximum atomic E-state index is 13.5. The summed E-state index contributed by atoms with van der Waals surface area (Å²) in [7, 11) is 0. The SMILES string of the molecule is CC(C)=C1[C@H]2CC[C@H]1[C@@H]1C(=O)N(c3sc4c(c3C#N)CC[C@@H](C(C)(C)C)C4)C(=O)[C@H]12. The van der Waals surface area contributed by atoms with Gasteiger partial charge in [0.05, 0.1) is 17.4 Å². The summed E-state index contributed by atoms with van der Waals surface area (Å²) in [5.41, 5.74) is 4.53. The molecule has 0 unspecified atom stereocenters. The first-order chi connectivity index (χ1) is 14.1. The maximum absolute atomic E-state index is 13.5. The van der Waals surface area contributed by atoms with Gasteiger partial charge < -0.3 is 0 Å². The highest BCUT2D eigenvalue weighted by atomic mass is 32.1. The first kappa shape index (κ1) is 20.0. The molecule has 158 valence electrons. The summed E-state index contributed by atoms with van der Waals surface area (Å²) < 4.78 is 0. The number of rotatable bonds is 1. The van der Waals surface area contributed by atoms with E-state index in [0.717, 1.165) is 37.7 Å². The molecular weight excluding hydrogens is 392 g/mol. The normalized spacial score (nSPS) is 32.5. The van der Waals surface area contributed by atoms with Gasteiger partial charge in [0.15, 0.2) is 0 Å². The molecule has 4 aliphatic rings. The summed E-state index contributed by atoms with van der Waals surface area (Å²) in [6.45, 7) is 11.0. The van der Waals surface area contributed by atoms with Crippen LogP contribution in [0.15, 0.2) is 11.1 Å². The van der Waals surface area contributed by atoms with E-state index in [4.69, 9.17) is 0 Å². The van der Waals surface area contributed by atoms with E-state index in [9.17, 15) is 14.9 Å². The van der Waals surface area contributed by atoms with Crippen LogP contribution in [-0.4, -0.2) is 11.8 Å². The van der Waals surface area contributed by atoms with Crippen molar-refractivity contribution in [3.63, 3.8) is 0 Å². The molecule has 5 rings (SSSR count). The van der Waals surface area contributed by atoms with Crippen LogP contribution >= 0.6 is 11.3 Å². The number of allylic oxidation sites excluding steroid dienone is 2. The van der Waals surface area contributed by atoms with Gasteiger partial charge in [-0.3, -0.25) is 9.59 Å². The number of imide groups is 1. The van der Waals surface area contributed by atoms with Crippen molar-refractivity contribution in [1.82, 2.24) is 0 Å². The summed E-state index contributed by atoms with van der Waals surface area (Å²) in [4.78, 5) is 29.7. The predicted molar refractivity (Wildman–Crippen MR) is 118 cm³/mol. The number of carbonyl (C=O) groups is 2. The number of anilines is 1. The van der Waals surface area contributed by atoms with Crippen molar-refractivity contribution in [3.05, 3.63) is 27.2 Å². The summed E-state index contributed by atoms with van der Waals surface area (Å²) in [5, 5.41) is 10.6. The molecule has 0 N–H and O–H groups in total. The Morgan fingerprint density at radius 3 is 2.17 bits per heavy atom. The van der Waals surface area contributed by atoms with Gasteiger partial charge in [-0.25, -0.2) is 4.90 Å². The smallest absolute Gasteiger partial charge is 0.239 e. The fourth-order valence-corrected chi connectivity index (χ4v) is 8.16. The van der Waals surface area contributed by atoms with E-state index in [1.807, 2.05) is 0 Å². The first-order valence-corrected chi connectivity index (χ1v) is 12.1. The van der Waals surface area contributed by atoms with Gasteiger partial charge in [0.25, 0.3) is 0 Å². The number of thiophene rings is 1. The summed E-state index contributed by atoms with van der Waals surface area (Å²) in [6.07, 6.45) is 4.89. The molecule has 0 aromatic carbocycles. The molecule has 30 heavy (non-hydrogen) atoms. The molecular formula is C25H30N2O2S. The second kappa shape index (κ2) is 6.53. The van der Waals surface area contributed by atoms with Crippen LogP contribution in [0.5, 0.6) is 0 Å². The minimum Gasteiger partial charge on any atom is -0.274 e. The highest BCUT2D eigenvalue weighted by Crippen LogP contribution is 2.61. The van der Waals surface area contributed by atoms with Gasteiger partial charge in [0, 0.05) is 4.88 Å². The molecule has 5 atom stereocenters. The van der Waals surface area contributed by atoms with E-state index in [1.165, 1.54) is 32.3 Å². The molecule has 1 aromatic heterocycles. The fraction of sp³-hybridized carbons (Fsp3) is 0.640. The van der Waals surface area contributed by atoms with Crippen LogP contribution in [0.4, 0.5) is 5.00 Å². The van der Waals surface area contributed by atoms with Crippen LogP contribution < -0.4 is 4.90 Å². The number of hydrogen-bond donors (Lipinski definition) is 0. The number of nitriles is 1. The van der Waals surface area contributed by atoms with E-state index in [0.29, 0.717) is 16.5 Å². The van der Waals surface area contributed by atoms with E-state index in [1.54, 1.807) is 0 Å². The predicted octanol–water partition coefficient (Wildman–Crippen LogP) is 5.25. The second-order valence-corrected chi connectivity index (χ2v) is 12.0. The van der Waals surface area contributed by atoms with Crippen molar-refractivity contribution in [2.75, 3.05) is 4.90 Å². The zero-order chi connectivity index (χ0) is 21.5. The lowest BCUT2D eigenvalue weighted by atomic mass is 9.72. The molecule has 3 aliphatic carbocycles. The minimum absolute atomic E-state index is 0.0570. The topological polar surface area (TPSA) is 61.2 Å². The van der Waals surface area contributed by atoms with Gasteiger partial charge in [0.2, 0.25) is 11.8 Å². The minimum atomic E-state index is -0.214. The van der Waals surface area contributed by atoms with E-state index < -0.39 is 0 Å². The third-order valence-corrected chi connectivity index (χ3v) is 9.46. The molecule has 0 spiro atoms. The molecule has 1 aliphatic heterocycles. The lowest BCUT2D eigenvalue weighted by molar-refractivity contribution is -0.122. The average molecular weight is 423 g/mol. The number of hydrogen-bond acceptors (Lipinski definition) is 4. The van der Waals surface area contributed by atoms with Gasteiger partial charge >= 0.3 is 0 Å². The van der Waals surface area contributed by atoms with Crippen LogP contribution in [0.2, 0.25) is 0 Å². The molecule has 2 heterocycles. The molecule has 2 saturated carbocycles. The third kappa shape index (κ3) is 2.56. The van der Waals surface area contributed by atoms with Crippen molar-refractivity contribution >= 4 is 28.2 Å². The van der Waals surface area contributed by atoms with Crippen molar-refractivity contribution in [2.24, 2.45) is 35.0 Å². The van der Waals surface area contributed by atoms with Gasteiger partial charge in [-0.05, 0) is 74.7 Å². The Hall–Kier alpha value is -1.93. The van der Waals surface area contributed by atoms with Crippen LogP contribution in [0.3, 0.4) is 0 Å². The van der Waals surface area contributed by atoms with E-state index >= 15 is 0 Å². The molecule has 4 nitrogen and oxygen atoms in total. The largest absolute Gasteiger partial charge is 0.274 e. The highest BCUT2D eigenvalue weighted by Gasteiger charge is 2.64.